The summed E-state index contributed by atoms with van der Waals surface area (Å²) in [7, 11) is 0. The van der Waals surface area contributed by atoms with Crippen molar-refractivity contribution in [2.45, 2.75) is 13.8 Å². The summed E-state index contributed by atoms with van der Waals surface area (Å²) in [4.78, 5) is 32.8. The number of nitro groups is 1. The Morgan fingerprint density at radius 1 is 1.19 bits per heavy atom. The van der Waals surface area contributed by atoms with Gasteiger partial charge in [0.25, 0.3) is 5.91 Å². The molecule has 1 aliphatic rings. The Morgan fingerprint density at radius 2 is 1.94 bits per heavy atom. The molecule has 3 heterocycles. The number of amides is 1. The Balaban J connectivity index is 1.60. The number of benzene rings is 1. The van der Waals surface area contributed by atoms with Crippen LogP contribution in [0.4, 0.5) is 10.1 Å². The SMILES string of the molecule is CCN(CC)CCN(C(=O)C=Cc1ccc([N+](=O)[O-])s1)c1nc2cc3c(cc2s1)OCO3. The van der Waals surface area contributed by atoms with Crippen LogP contribution in [0.2, 0.25) is 0 Å². The minimum atomic E-state index is -0.438. The van der Waals surface area contributed by atoms with Crippen molar-refractivity contribution in [3.8, 4) is 11.5 Å². The maximum Gasteiger partial charge on any atom is 0.324 e. The first kappa shape index (κ1) is 22.2. The first-order valence-corrected chi connectivity index (χ1v) is 11.8. The highest BCUT2D eigenvalue weighted by Crippen LogP contribution is 2.39. The molecular formula is C21H22N4O5S2. The predicted molar refractivity (Wildman–Crippen MR) is 126 cm³/mol. The second-order valence-electron chi connectivity index (χ2n) is 6.95. The number of hydrogen-bond donors (Lipinski definition) is 0. The normalized spacial score (nSPS) is 12.8. The molecule has 0 saturated heterocycles. The smallest absolute Gasteiger partial charge is 0.324 e. The standard InChI is InChI=1S/C21H22N4O5S2/c1-3-23(4-2)9-10-24(19(26)7-5-14-6-8-20(31-14)25(27)28)21-22-15-11-16-17(30-13-29-16)12-18(15)32-21/h5-8,11-12H,3-4,9-10,13H2,1-2H3. The molecule has 3 aromatic rings. The van der Waals surface area contributed by atoms with E-state index in [0.29, 0.717) is 34.6 Å². The summed E-state index contributed by atoms with van der Waals surface area (Å²) >= 11 is 2.44. The molecule has 1 amide bonds. The number of ether oxygens (including phenoxy) is 2. The van der Waals surface area contributed by atoms with E-state index in [2.05, 4.69) is 23.7 Å². The predicted octanol–water partition coefficient (Wildman–Crippen LogP) is 4.38. The molecule has 0 atom stereocenters. The summed E-state index contributed by atoms with van der Waals surface area (Å²) in [6.45, 7) is 7.30. The molecule has 4 rings (SSSR count). The van der Waals surface area contributed by atoms with Crippen molar-refractivity contribution in [2.75, 3.05) is 37.9 Å². The Labute approximate surface area is 192 Å². The zero-order valence-electron chi connectivity index (χ0n) is 17.6. The average Bonchev–Trinajstić information content (AvgIpc) is 3.52. The van der Waals surface area contributed by atoms with Gasteiger partial charge in [-0.15, -0.1) is 0 Å². The molecule has 1 aliphatic heterocycles. The lowest BCUT2D eigenvalue weighted by atomic mass is 10.3. The second kappa shape index (κ2) is 9.63. The first-order valence-electron chi connectivity index (χ1n) is 10.1. The van der Waals surface area contributed by atoms with Gasteiger partial charge >= 0.3 is 5.00 Å². The quantitative estimate of drug-likeness (QED) is 0.258. The summed E-state index contributed by atoms with van der Waals surface area (Å²) in [5, 5.41) is 11.5. The fourth-order valence-electron chi connectivity index (χ4n) is 3.28. The van der Waals surface area contributed by atoms with E-state index in [4.69, 9.17) is 9.47 Å². The van der Waals surface area contributed by atoms with Gasteiger partial charge in [-0.25, -0.2) is 4.98 Å². The maximum atomic E-state index is 13.1. The van der Waals surface area contributed by atoms with Gasteiger partial charge in [0.1, 0.15) is 0 Å². The summed E-state index contributed by atoms with van der Waals surface area (Å²) in [5.74, 6) is 1.09. The second-order valence-corrected chi connectivity index (χ2v) is 9.06. The number of anilines is 1. The lowest BCUT2D eigenvalue weighted by Crippen LogP contribution is -2.38. The third kappa shape index (κ3) is 4.74. The molecule has 0 N–H and O–H groups in total. The molecule has 32 heavy (non-hydrogen) atoms. The van der Waals surface area contributed by atoms with Crippen LogP contribution in [0.25, 0.3) is 16.3 Å². The molecule has 0 radical (unpaired) electrons. The van der Waals surface area contributed by atoms with E-state index in [9.17, 15) is 14.9 Å². The van der Waals surface area contributed by atoms with Crippen molar-refractivity contribution in [3.63, 3.8) is 0 Å². The average molecular weight is 475 g/mol. The highest BCUT2D eigenvalue weighted by Gasteiger charge is 2.22. The molecule has 0 unspecified atom stereocenters. The van der Waals surface area contributed by atoms with Crippen molar-refractivity contribution in [1.82, 2.24) is 9.88 Å². The minimum Gasteiger partial charge on any atom is -0.454 e. The third-order valence-corrected chi connectivity index (χ3v) is 7.13. The van der Waals surface area contributed by atoms with Crippen LogP contribution < -0.4 is 14.4 Å². The number of carbonyl (C=O) groups excluding carboxylic acids is 1. The third-order valence-electron chi connectivity index (χ3n) is 5.09. The number of thiophene rings is 1. The van der Waals surface area contributed by atoms with Gasteiger partial charge in [0, 0.05) is 42.2 Å². The van der Waals surface area contributed by atoms with Gasteiger partial charge < -0.3 is 14.4 Å². The Kier molecular flexibility index (Phi) is 6.68. The highest BCUT2D eigenvalue weighted by molar-refractivity contribution is 7.22. The van der Waals surface area contributed by atoms with E-state index in [0.717, 1.165) is 34.6 Å². The summed E-state index contributed by atoms with van der Waals surface area (Å²) in [6, 6.07) is 6.77. The van der Waals surface area contributed by atoms with Gasteiger partial charge in [-0.2, -0.15) is 0 Å². The number of fused-ring (bicyclic) bond motifs is 2. The van der Waals surface area contributed by atoms with Gasteiger partial charge in [0.15, 0.2) is 16.6 Å². The first-order chi connectivity index (χ1) is 15.5. The molecule has 0 fully saturated rings. The molecule has 0 spiro atoms. The van der Waals surface area contributed by atoms with Gasteiger partial charge in [0.2, 0.25) is 6.79 Å². The largest absolute Gasteiger partial charge is 0.454 e. The van der Waals surface area contributed by atoms with Crippen LogP contribution in [-0.4, -0.2) is 53.7 Å². The van der Waals surface area contributed by atoms with Gasteiger partial charge in [-0.1, -0.05) is 36.5 Å². The molecular weight excluding hydrogens is 452 g/mol. The molecule has 9 nitrogen and oxygen atoms in total. The van der Waals surface area contributed by atoms with E-state index in [1.54, 1.807) is 17.0 Å². The molecule has 1 aromatic carbocycles. The number of rotatable bonds is 9. The zero-order chi connectivity index (χ0) is 22.7. The minimum absolute atomic E-state index is 0.0409. The van der Waals surface area contributed by atoms with Crippen molar-refractivity contribution >= 4 is 55.0 Å². The topological polar surface area (TPSA) is 98.0 Å². The number of hydrogen-bond acceptors (Lipinski definition) is 9. The molecule has 168 valence electrons. The number of thiazole rings is 1. The fourth-order valence-corrected chi connectivity index (χ4v) is 5.01. The van der Waals surface area contributed by atoms with Gasteiger partial charge in [-0.3, -0.25) is 19.8 Å². The van der Waals surface area contributed by atoms with Crippen LogP contribution in [0.5, 0.6) is 11.5 Å². The Hall–Kier alpha value is -3.02. The van der Waals surface area contributed by atoms with Crippen LogP contribution in [0.1, 0.15) is 18.7 Å². The Bertz CT molecular complexity index is 1130. The monoisotopic (exact) mass is 474 g/mol. The molecule has 11 heteroatoms. The molecule has 0 bridgehead atoms. The highest BCUT2D eigenvalue weighted by atomic mass is 32.1. The van der Waals surface area contributed by atoms with Crippen molar-refractivity contribution < 1.29 is 19.2 Å². The molecule has 2 aromatic heterocycles. The summed E-state index contributed by atoms with van der Waals surface area (Å²) < 4.78 is 11.8. The van der Waals surface area contributed by atoms with Crippen molar-refractivity contribution in [2.24, 2.45) is 0 Å². The van der Waals surface area contributed by atoms with Crippen LogP contribution in [-0.2, 0) is 4.79 Å². The lowest BCUT2D eigenvalue weighted by molar-refractivity contribution is -0.380. The van der Waals surface area contributed by atoms with Crippen molar-refractivity contribution in [1.29, 1.82) is 0 Å². The lowest BCUT2D eigenvalue weighted by Gasteiger charge is -2.23. The number of carbonyl (C=O) groups is 1. The van der Waals surface area contributed by atoms with Gasteiger partial charge in [-0.05, 0) is 25.2 Å². The zero-order valence-corrected chi connectivity index (χ0v) is 19.3. The van der Waals surface area contributed by atoms with Gasteiger partial charge in [0.05, 0.1) is 15.1 Å². The van der Waals surface area contributed by atoms with E-state index < -0.39 is 4.92 Å². The van der Waals surface area contributed by atoms with Crippen LogP contribution in [0.15, 0.2) is 30.3 Å². The van der Waals surface area contributed by atoms with Crippen LogP contribution >= 0.6 is 22.7 Å². The van der Waals surface area contributed by atoms with E-state index >= 15 is 0 Å². The van der Waals surface area contributed by atoms with Crippen LogP contribution in [0.3, 0.4) is 0 Å². The van der Waals surface area contributed by atoms with Crippen molar-refractivity contribution in [3.05, 3.63) is 45.3 Å². The number of nitrogens with zero attached hydrogens (tertiary/aromatic N) is 4. The Morgan fingerprint density at radius 3 is 2.62 bits per heavy atom. The maximum absolute atomic E-state index is 13.1. The molecule has 0 aliphatic carbocycles. The van der Waals surface area contributed by atoms with E-state index in [1.807, 2.05) is 12.1 Å². The molecule has 0 saturated carbocycles. The summed E-state index contributed by atoms with van der Waals surface area (Å²) in [5.41, 5.74) is 0.743. The number of likely N-dealkylation sites (N-methyl/N-ethyl adjacent to an activating group) is 1. The summed E-state index contributed by atoms with van der Waals surface area (Å²) in [6.07, 6.45) is 3.05. The van der Waals surface area contributed by atoms with E-state index in [-0.39, 0.29) is 17.7 Å². The van der Waals surface area contributed by atoms with E-state index in [1.165, 1.54) is 23.5 Å². The van der Waals surface area contributed by atoms with Crippen LogP contribution in [0, 0.1) is 10.1 Å². The fraction of sp³-hybridized carbons (Fsp3) is 0.333. The number of aromatic nitrogens is 1.